The summed E-state index contributed by atoms with van der Waals surface area (Å²) in [5.41, 5.74) is 2.90. The summed E-state index contributed by atoms with van der Waals surface area (Å²) in [6, 6.07) is 20.0. The number of hydrogen-bond acceptors (Lipinski definition) is 4. The van der Waals surface area contributed by atoms with Crippen LogP contribution in [0.1, 0.15) is 28.4 Å². The molecule has 5 heteroatoms. The minimum Gasteiger partial charge on any atom is -0.496 e. The second-order valence-corrected chi connectivity index (χ2v) is 6.72. The number of hydrogen-bond donors (Lipinski definition) is 1. The van der Waals surface area contributed by atoms with E-state index < -0.39 is 0 Å². The minimum absolute atomic E-state index is 0.0637. The van der Waals surface area contributed by atoms with Gasteiger partial charge in [0.2, 0.25) is 5.91 Å². The second kappa shape index (κ2) is 9.06. The average Bonchev–Trinajstić information content (AvgIpc) is 2.71. The maximum atomic E-state index is 12.7. The highest BCUT2D eigenvalue weighted by atomic mass is 16.5. The van der Waals surface area contributed by atoms with Gasteiger partial charge in [0.25, 0.3) is 0 Å². The lowest BCUT2D eigenvalue weighted by Gasteiger charge is -2.13. The summed E-state index contributed by atoms with van der Waals surface area (Å²) in [7, 11) is 1.54. The summed E-state index contributed by atoms with van der Waals surface area (Å²) in [5, 5.41) is 2.89. The van der Waals surface area contributed by atoms with E-state index in [4.69, 9.17) is 9.47 Å². The van der Waals surface area contributed by atoms with E-state index in [9.17, 15) is 9.59 Å². The molecule has 0 saturated heterocycles. The number of Topliss-reactive ketones (excluding diaryl/α,β-unsaturated/α-hetero) is 1. The van der Waals surface area contributed by atoms with Crippen molar-refractivity contribution in [2.24, 2.45) is 0 Å². The number of ether oxygens (including phenoxy) is 2. The summed E-state index contributed by atoms with van der Waals surface area (Å²) in [6.07, 6.45) is 0.0726. The van der Waals surface area contributed by atoms with E-state index in [1.807, 2.05) is 43.3 Å². The van der Waals surface area contributed by atoms with Gasteiger partial charge in [-0.1, -0.05) is 29.8 Å². The fraction of sp³-hybridized carbons (Fsp3) is 0.167. The first kappa shape index (κ1) is 20.1. The van der Waals surface area contributed by atoms with Gasteiger partial charge in [-0.3, -0.25) is 9.59 Å². The number of carbonyl (C=O) groups excluding carboxylic acids is 2. The molecule has 0 spiro atoms. The highest BCUT2D eigenvalue weighted by molar-refractivity contribution is 5.96. The van der Waals surface area contributed by atoms with Gasteiger partial charge in [0.1, 0.15) is 11.5 Å². The van der Waals surface area contributed by atoms with Crippen molar-refractivity contribution in [2.45, 2.75) is 20.3 Å². The van der Waals surface area contributed by atoms with Gasteiger partial charge in [-0.25, -0.2) is 0 Å². The molecule has 0 saturated carbocycles. The van der Waals surface area contributed by atoms with Crippen LogP contribution in [0.2, 0.25) is 0 Å². The number of para-hydroxylation sites is 2. The van der Waals surface area contributed by atoms with Crippen LogP contribution in [0, 0.1) is 6.92 Å². The van der Waals surface area contributed by atoms with Crippen LogP contribution in [0.3, 0.4) is 0 Å². The smallest absolute Gasteiger partial charge is 0.229 e. The van der Waals surface area contributed by atoms with Gasteiger partial charge in [0, 0.05) is 11.1 Å². The third-order valence-electron chi connectivity index (χ3n) is 4.45. The van der Waals surface area contributed by atoms with Gasteiger partial charge >= 0.3 is 0 Å². The maximum absolute atomic E-state index is 12.7. The Morgan fingerprint density at radius 2 is 1.66 bits per heavy atom. The molecule has 148 valence electrons. The van der Waals surface area contributed by atoms with Crippen molar-refractivity contribution in [1.82, 2.24) is 0 Å². The number of methoxy groups -OCH3 is 1. The first-order valence-corrected chi connectivity index (χ1v) is 9.27. The van der Waals surface area contributed by atoms with Gasteiger partial charge < -0.3 is 14.8 Å². The zero-order valence-electron chi connectivity index (χ0n) is 16.7. The highest BCUT2D eigenvalue weighted by Crippen LogP contribution is 2.30. The Balaban J connectivity index is 1.77. The normalized spacial score (nSPS) is 10.3. The largest absolute Gasteiger partial charge is 0.496 e. The zero-order chi connectivity index (χ0) is 20.8. The Labute approximate surface area is 170 Å². The fourth-order valence-corrected chi connectivity index (χ4v) is 2.90. The number of nitrogens with one attached hydrogen (secondary N) is 1. The van der Waals surface area contributed by atoms with Crippen LogP contribution in [-0.2, 0) is 11.2 Å². The number of anilines is 1. The Kier molecular flexibility index (Phi) is 6.29. The van der Waals surface area contributed by atoms with Gasteiger partial charge in [-0.15, -0.1) is 0 Å². The minimum atomic E-state index is -0.232. The predicted molar refractivity (Wildman–Crippen MR) is 113 cm³/mol. The van der Waals surface area contributed by atoms with Crippen molar-refractivity contribution in [3.8, 4) is 17.2 Å². The van der Waals surface area contributed by atoms with E-state index in [-0.39, 0.29) is 18.1 Å². The van der Waals surface area contributed by atoms with Crippen LogP contribution in [-0.4, -0.2) is 18.8 Å². The molecule has 0 atom stereocenters. The molecule has 5 nitrogen and oxygen atoms in total. The molecule has 0 heterocycles. The molecule has 1 amide bonds. The number of rotatable bonds is 7. The van der Waals surface area contributed by atoms with Crippen LogP contribution in [0.4, 0.5) is 5.69 Å². The molecule has 0 fully saturated rings. The van der Waals surface area contributed by atoms with Crippen LogP contribution in [0.15, 0.2) is 66.7 Å². The molecule has 3 aromatic carbocycles. The first-order valence-electron chi connectivity index (χ1n) is 9.27. The van der Waals surface area contributed by atoms with Crippen molar-refractivity contribution < 1.29 is 19.1 Å². The molecular weight excluding hydrogens is 366 g/mol. The molecule has 0 bridgehead atoms. The summed E-state index contributed by atoms with van der Waals surface area (Å²) in [5.74, 6) is 1.51. The number of carbonyl (C=O) groups is 2. The summed E-state index contributed by atoms with van der Waals surface area (Å²) in [6.45, 7) is 3.50. The molecule has 0 radical (unpaired) electrons. The average molecular weight is 389 g/mol. The summed E-state index contributed by atoms with van der Waals surface area (Å²) < 4.78 is 11.3. The van der Waals surface area contributed by atoms with Crippen molar-refractivity contribution >= 4 is 17.4 Å². The molecule has 0 aliphatic carbocycles. The van der Waals surface area contributed by atoms with Gasteiger partial charge in [-0.2, -0.15) is 0 Å². The first-order chi connectivity index (χ1) is 14.0. The Hall–Kier alpha value is -3.60. The lowest BCUT2D eigenvalue weighted by atomic mass is 10.0. The fourth-order valence-electron chi connectivity index (χ4n) is 2.90. The van der Waals surface area contributed by atoms with Crippen molar-refractivity contribution in [2.75, 3.05) is 12.4 Å². The standard InChI is InChI=1S/C24H23NO4/c1-16-8-11-20(12-9-16)29-23-7-5-4-6-21(23)25-24(27)15-19-14-18(17(2)26)10-13-22(19)28-3/h4-14H,15H2,1-3H3,(H,25,27). The van der Waals surface area contributed by atoms with E-state index in [0.29, 0.717) is 34.1 Å². The van der Waals surface area contributed by atoms with Crippen molar-refractivity contribution in [3.63, 3.8) is 0 Å². The van der Waals surface area contributed by atoms with Crippen LogP contribution >= 0.6 is 0 Å². The topological polar surface area (TPSA) is 64.6 Å². The highest BCUT2D eigenvalue weighted by Gasteiger charge is 2.14. The molecule has 0 aliphatic heterocycles. The van der Waals surface area contributed by atoms with E-state index in [0.717, 1.165) is 5.56 Å². The molecule has 0 unspecified atom stereocenters. The van der Waals surface area contributed by atoms with Crippen LogP contribution < -0.4 is 14.8 Å². The number of aryl methyl sites for hydroxylation is 1. The van der Waals surface area contributed by atoms with Crippen LogP contribution in [0.25, 0.3) is 0 Å². The van der Waals surface area contributed by atoms with E-state index in [1.165, 1.54) is 14.0 Å². The molecule has 29 heavy (non-hydrogen) atoms. The SMILES string of the molecule is COc1ccc(C(C)=O)cc1CC(=O)Nc1ccccc1Oc1ccc(C)cc1. The molecule has 1 N–H and O–H groups in total. The van der Waals surface area contributed by atoms with E-state index in [2.05, 4.69) is 5.32 Å². The van der Waals surface area contributed by atoms with E-state index >= 15 is 0 Å². The van der Waals surface area contributed by atoms with Gasteiger partial charge in [-0.05, 0) is 56.3 Å². The van der Waals surface area contributed by atoms with Gasteiger partial charge in [0.15, 0.2) is 11.5 Å². The van der Waals surface area contributed by atoms with E-state index in [1.54, 1.807) is 30.3 Å². The summed E-state index contributed by atoms with van der Waals surface area (Å²) >= 11 is 0. The lowest BCUT2D eigenvalue weighted by Crippen LogP contribution is -2.15. The third-order valence-corrected chi connectivity index (χ3v) is 4.45. The zero-order valence-corrected chi connectivity index (χ0v) is 16.7. The molecule has 0 aromatic heterocycles. The number of ketones is 1. The van der Waals surface area contributed by atoms with Crippen molar-refractivity contribution in [1.29, 1.82) is 0 Å². The third kappa shape index (κ3) is 5.23. The Morgan fingerprint density at radius 3 is 2.34 bits per heavy atom. The molecule has 3 rings (SSSR count). The Bertz CT molecular complexity index is 1030. The predicted octanol–water partition coefficient (Wildman–Crippen LogP) is 5.18. The number of amides is 1. The number of benzene rings is 3. The summed E-state index contributed by atoms with van der Waals surface area (Å²) in [4.78, 5) is 24.3. The molecule has 3 aromatic rings. The van der Waals surface area contributed by atoms with Crippen molar-refractivity contribution in [3.05, 3.63) is 83.4 Å². The molecule has 0 aliphatic rings. The monoisotopic (exact) mass is 389 g/mol. The Morgan fingerprint density at radius 1 is 0.931 bits per heavy atom. The second-order valence-electron chi connectivity index (χ2n) is 6.72. The molecular formula is C24H23NO4. The van der Waals surface area contributed by atoms with Crippen LogP contribution in [0.5, 0.6) is 17.2 Å². The maximum Gasteiger partial charge on any atom is 0.229 e. The lowest BCUT2D eigenvalue weighted by molar-refractivity contribution is -0.115. The quantitative estimate of drug-likeness (QED) is 0.566. The van der Waals surface area contributed by atoms with Gasteiger partial charge in [0.05, 0.1) is 19.2 Å².